The lowest BCUT2D eigenvalue weighted by Crippen LogP contribution is -2.51. The van der Waals surface area contributed by atoms with Gasteiger partial charge in [0.15, 0.2) is 0 Å². The van der Waals surface area contributed by atoms with E-state index in [9.17, 15) is 19.2 Å². The van der Waals surface area contributed by atoms with Crippen LogP contribution in [0, 0.1) is 18.8 Å². The Hall–Kier alpha value is -4.30. The highest BCUT2D eigenvalue weighted by Crippen LogP contribution is 2.58. The zero-order chi connectivity index (χ0) is 26.1. The summed E-state index contributed by atoms with van der Waals surface area (Å²) in [7, 11) is 2.91. The molecular weight excluding hydrogens is 474 g/mol. The van der Waals surface area contributed by atoms with Crippen LogP contribution in [0.25, 0.3) is 0 Å². The van der Waals surface area contributed by atoms with Crippen LogP contribution in [-0.2, 0) is 14.3 Å². The number of anilines is 1. The SMILES string of the molecule is COc1ccc(N2C(=O)[C@@H]3[C@@H](c4ccc(C)cc4)OC4(C(=O)c5ccccc5C4=O)[C@@H]3C2=O)c(OC)c1. The number of benzene rings is 3. The summed E-state index contributed by atoms with van der Waals surface area (Å²) in [6.45, 7) is 1.92. The van der Waals surface area contributed by atoms with Gasteiger partial charge in [-0.05, 0) is 24.6 Å². The van der Waals surface area contributed by atoms with Gasteiger partial charge in [-0.25, -0.2) is 4.90 Å². The first-order valence-electron chi connectivity index (χ1n) is 11.9. The highest BCUT2D eigenvalue weighted by molar-refractivity contribution is 6.37. The van der Waals surface area contributed by atoms with Crippen LogP contribution in [0.3, 0.4) is 0 Å². The van der Waals surface area contributed by atoms with Crippen LogP contribution in [0.15, 0.2) is 66.7 Å². The third-order valence-electron chi connectivity index (χ3n) is 7.55. The number of ether oxygens (including phenoxy) is 3. The van der Waals surface area contributed by atoms with Gasteiger partial charge in [0.25, 0.3) is 0 Å². The summed E-state index contributed by atoms with van der Waals surface area (Å²) in [5, 5.41) is 0. The van der Waals surface area contributed by atoms with Gasteiger partial charge in [0.1, 0.15) is 11.5 Å². The molecule has 3 aromatic carbocycles. The van der Waals surface area contributed by atoms with Gasteiger partial charge in [0.05, 0.1) is 37.8 Å². The van der Waals surface area contributed by atoms with Crippen LogP contribution in [0.2, 0.25) is 0 Å². The molecular formula is C29H23NO7. The van der Waals surface area contributed by atoms with Crippen LogP contribution in [0.1, 0.15) is 37.9 Å². The first-order valence-corrected chi connectivity index (χ1v) is 11.9. The van der Waals surface area contributed by atoms with Crippen LogP contribution < -0.4 is 14.4 Å². The van der Waals surface area contributed by atoms with E-state index in [-0.39, 0.29) is 22.6 Å². The van der Waals surface area contributed by atoms with Crippen molar-refractivity contribution >= 4 is 29.1 Å². The molecule has 186 valence electrons. The van der Waals surface area contributed by atoms with Crippen molar-refractivity contribution in [2.24, 2.45) is 11.8 Å². The van der Waals surface area contributed by atoms with E-state index in [2.05, 4.69) is 0 Å². The molecule has 0 unspecified atom stereocenters. The maximum atomic E-state index is 14.1. The Bertz CT molecular complexity index is 1460. The Morgan fingerprint density at radius 1 is 0.811 bits per heavy atom. The molecule has 2 amide bonds. The second-order valence-corrected chi connectivity index (χ2v) is 9.44. The molecule has 2 aliphatic heterocycles. The second kappa shape index (κ2) is 8.11. The van der Waals surface area contributed by atoms with Crippen molar-refractivity contribution < 1.29 is 33.4 Å². The van der Waals surface area contributed by atoms with E-state index >= 15 is 0 Å². The summed E-state index contributed by atoms with van der Waals surface area (Å²) in [4.78, 5) is 56.8. The van der Waals surface area contributed by atoms with Gasteiger partial charge in [-0.2, -0.15) is 0 Å². The average Bonchev–Trinajstić information content (AvgIpc) is 3.48. The number of nitrogens with zero attached hydrogens (tertiary/aromatic N) is 1. The standard InChI is InChI=1S/C29H23NO7/c1-15-8-10-16(11-9-15)24-22-23(29(37-24)25(31)18-6-4-5-7-19(18)26(29)32)28(34)30(27(22)33)20-13-12-17(35-2)14-21(20)36-3/h4-14,22-24H,1-3H3/t22-,23-,24+/m0/s1. The number of carbonyl (C=O) groups is 4. The maximum Gasteiger partial charge on any atom is 0.241 e. The number of Topliss-reactive ketones (excluding diaryl/α,β-unsaturated/α-hetero) is 2. The fourth-order valence-corrected chi connectivity index (χ4v) is 5.78. The number of hydrogen-bond acceptors (Lipinski definition) is 7. The molecule has 37 heavy (non-hydrogen) atoms. The Balaban J connectivity index is 1.54. The van der Waals surface area contributed by atoms with Gasteiger partial charge in [0.2, 0.25) is 29.0 Å². The molecule has 0 bridgehead atoms. The first kappa shape index (κ1) is 23.1. The Kier molecular flexibility index (Phi) is 5.07. The van der Waals surface area contributed by atoms with E-state index in [0.717, 1.165) is 10.5 Å². The van der Waals surface area contributed by atoms with Crippen molar-refractivity contribution in [2.75, 3.05) is 19.1 Å². The second-order valence-electron chi connectivity index (χ2n) is 9.44. The zero-order valence-corrected chi connectivity index (χ0v) is 20.4. The third kappa shape index (κ3) is 2.99. The minimum absolute atomic E-state index is 0.191. The molecule has 3 atom stereocenters. The highest BCUT2D eigenvalue weighted by Gasteiger charge is 2.74. The lowest BCUT2D eigenvalue weighted by Gasteiger charge is -2.27. The number of carbonyl (C=O) groups excluding carboxylic acids is 4. The van der Waals surface area contributed by atoms with Crippen molar-refractivity contribution in [1.82, 2.24) is 0 Å². The summed E-state index contributed by atoms with van der Waals surface area (Å²) in [6, 6.07) is 18.4. The van der Waals surface area contributed by atoms with E-state index in [1.165, 1.54) is 14.2 Å². The fraction of sp³-hybridized carbons (Fsp3) is 0.241. The number of amides is 2. The lowest BCUT2D eigenvalue weighted by molar-refractivity contribution is -0.127. The van der Waals surface area contributed by atoms with Crippen molar-refractivity contribution in [3.63, 3.8) is 0 Å². The van der Waals surface area contributed by atoms with Gasteiger partial charge in [-0.3, -0.25) is 19.2 Å². The minimum Gasteiger partial charge on any atom is -0.497 e. The Morgan fingerprint density at radius 2 is 1.46 bits per heavy atom. The van der Waals surface area contributed by atoms with Crippen LogP contribution >= 0.6 is 0 Å². The van der Waals surface area contributed by atoms with E-state index in [4.69, 9.17) is 14.2 Å². The smallest absolute Gasteiger partial charge is 0.241 e. The highest BCUT2D eigenvalue weighted by atomic mass is 16.5. The summed E-state index contributed by atoms with van der Waals surface area (Å²) in [5.74, 6) is -4.11. The van der Waals surface area contributed by atoms with Gasteiger partial charge >= 0.3 is 0 Å². The van der Waals surface area contributed by atoms with Gasteiger partial charge in [-0.15, -0.1) is 0 Å². The molecule has 2 fully saturated rings. The van der Waals surface area contributed by atoms with Crippen molar-refractivity contribution in [2.45, 2.75) is 18.6 Å². The van der Waals surface area contributed by atoms with E-state index in [0.29, 0.717) is 11.3 Å². The largest absolute Gasteiger partial charge is 0.497 e. The molecule has 1 spiro atoms. The van der Waals surface area contributed by atoms with Crippen LogP contribution in [-0.4, -0.2) is 43.2 Å². The van der Waals surface area contributed by atoms with Gasteiger partial charge in [0, 0.05) is 17.2 Å². The number of hydrogen-bond donors (Lipinski definition) is 0. The molecule has 2 saturated heterocycles. The predicted octanol–water partition coefficient (Wildman–Crippen LogP) is 3.71. The molecule has 0 aromatic heterocycles. The summed E-state index contributed by atoms with van der Waals surface area (Å²) in [5.41, 5.74) is 0.0741. The first-order chi connectivity index (χ1) is 17.8. The van der Waals surface area contributed by atoms with E-state index in [1.807, 2.05) is 19.1 Å². The topological polar surface area (TPSA) is 99.2 Å². The quantitative estimate of drug-likeness (QED) is 0.400. The number of imide groups is 1. The number of methoxy groups -OCH3 is 2. The van der Waals surface area contributed by atoms with Crippen LogP contribution in [0.5, 0.6) is 11.5 Å². The molecule has 2 heterocycles. The van der Waals surface area contributed by atoms with E-state index < -0.39 is 46.9 Å². The molecule has 1 aliphatic carbocycles. The fourth-order valence-electron chi connectivity index (χ4n) is 5.78. The molecule has 3 aliphatic rings. The summed E-state index contributed by atoms with van der Waals surface area (Å²) >= 11 is 0. The molecule has 0 radical (unpaired) electrons. The monoisotopic (exact) mass is 497 g/mol. The lowest BCUT2D eigenvalue weighted by atomic mass is 9.77. The van der Waals surface area contributed by atoms with Crippen molar-refractivity contribution in [1.29, 1.82) is 0 Å². The molecule has 8 nitrogen and oxygen atoms in total. The molecule has 6 rings (SSSR count). The molecule has 0 saturated carbocycles. The van der Waals surface area contributed by atoms with Gasteiger partial charge < -0.3 is 14.2 Å². The predicted molar refractivity (Wildman–Crippen MR) is 132 cm³/mol. The zero-order valence-electron chi connectivity index (χ0n) is 20.4. The normalized spacial score (nSPS) is 23.5. The minimum atomic E-state index is -2.12. The number of rotatable bonds is 4. The summed E-state index contributed by atoms with van der Waals surface area (Å²) in [6.07, 6.45) is -0.974. The number of aryl methyl sites for hydroxylation is 1. The van der Waals surface area contributed by atoms with Crippen molar-refractivity contribution in [3.8, 4) is 11.5 Å². The van der Waals surface area contributed by atoms with Crippen molar-refractivity contribution in [3.05, 3.63) is 89.0 Å². The molecule has 8 heteroatoms. The number of ketones is 2. The number of fused-ring (bicyclic) bond motifs is 3. The maximum absolute atomic E-state index is 14.1. The Morgan fingerprint density at radius 3 is 2.05 bits per heavy atom. The van der Waals surface area contributed by atoms with E-state index in [1.54, 1.807) is 54.6 Å². The van der Waals surface area contributed by atoms with Gasteiger partial charge in [-0.1, -0.05) is 54.1 Å². The van der Waals surface area contributed by atoms with Crippen LogP contribution in [0.4, 0.5) is 5.69 Å². The molecule has 3 aromatic rings. The third-order valence-corrected chi connectivity index (χ3v) is 7.55. The Labute approximate surface area is 212 Å². The summed E-state index contributed by atoms with van der Waals surface area (Å²) < 4.78 is 17.0. The average molecular weight is 498 g/mol. The molecule has 0 N–H and O–H groups in total.